The van der Waals surface area contributed by atoms with E-state index in [1.54, 1.807) is 12.1 Å². The molecule has 0 fully saturated rings. The molecule has 26 heavy (non-hydrogen) atoms. The number of carbonyl (C=O) groups excluding carboxylic acids is 1. The molecule has 0 spiro atoms. The van der Waals surface area contributed by atoms with Crippen molar-refractivity contribution in [1.29, 1.82) is 0 Å². The molecule has 2 N–H and O–H groups in total. The van der Waals surface area contributed by atoms with Gasteiger partial charge in [0, 0.05) is 11.3 Å². The van der Waals surface area contributed by atoms with E-state index in [0.29, 0.717) is 11.4 Å². The lowest BCUT2D eigenvalue weighted by Crippen LogP contribution is -2.23. The van der Waals surface area contributed by atoms with Gasteiger partial charge in [0.2, 0.25) is 10.0 Å². The van der Waals surface area contributed by atoms with Crippen LogP contribution in [0.4, 0.5) is 10.1 Å². The predicted molar refractivity (Wildman–Crippen MR) is 93.5 cm³/mol. The Kier molecular flexibility index (Phi) is 5.15. The third-order valence-corrected chi connectivity index (χ3v) is 4.92. The van der Waals surface area contributed by atoms with Crippen molar-refractivity contribution in [3.05, 3.63) is 84.1 Å². The van der Waals surface area contributed by atoms with Crippen molar-refractivity contribution >= 4 is 21.6 Å². The van der Waals surface area contributed by atoms with Crippen LogP contribution < -0.4 is 10.0 Å². The molecule has 2 aromatic carbocycles. The van der Waals surface area contributed by atoms with Gasteiger partial charge in [0.25, 0.3) is 5.91 Å². The summed E-state index contributed by atoms with van der Waals surface area (Å²) in [5, 5.41) is 2.58. The monoisotopic (exact) mass is 374 g/mol. The smallest absolute Gasteiger partial charge is 0.255 e. The Morgan fingerprint density at radius 1 is 1.04 bits per heavy atom. The molecule has 134 valence electrons. The number of furan rings is 1. The van der Waals surface area contributed by atoms with Crippen molar-refractivity contribution in [1.82, 2.24) is 4.72 Å². The van der Waals surface area contributed by atoms with Crippen molar-refractivity contribution in [2.45, 2.75) is 11.4 Å². The van der Waals surface area contributed by atoms with E-state index in [1.807, 2.05) is 0 Å². The summed E-state index contributed by atoms with van der Waals surface area (Å²) in [4.78, 5) is 12.2. The standard InChI is InChI=1S/C18H15FN2O4S/c19-14-6-8-15(9-7-14)21-18(22)13-3-1-5-17(11-13)26(23,24)20-12-16-4-2-10-25-16/h1-11,20H,12H2,(H,21,22). The summed E-state index contributed by atoms with van der Waals surface area (Å²) in [5.74, 6) is -0.447. The molecule has 6 nitrogen and oxygen atoms in total. The van der Waals surface area contributed by atoms with E-state index >= 15 is 0 Å². The van der Waals surface area contributed by atoms with Gasteiger partial charge in [-0.25, -0.2) is 17.5 Å². The molecular weight excluding hydrogens is 359 g/mol. The van der Waals surface area contributed by atoms with Crippen LogP contribution in [0.2, 0.25) is 0 Å². The third kappa shape index (κ3) is 4.35. The van der Waals surface area contributed by atoms with E-state index in [1.165, 1.54) is 54.8 Å². The van der Waals surface area contributed by atoms with Gasteiger partial charge >= 0.3 is 0 Å². The van der Waals surface area contributed by atoms with Gasteiger partial charge in [-0.2, -0.15) is 0 Å². The zero-order valence-electron chi connectivity index (χ0n) is 13.5. The fourth-order valence-electron chi connectivity index (χ4n) is 2.20. The van der Waals surface area contributed by atoms with Gasteiger partial charge < -0.3 is 9.73 Å². The highest BCUT2D eigenvalue weighted by atomic mass is 32.2. The molecule has 8 heteroatoms. The first-order chi connectivity index (χ1) is 12.4. The Labute approximate surface area is 149 Å². The SMILES string of the molecule is O=C(Nc1ccc(F)cc1)c1cccc(S(=O)(=O)NCc2ccco2)c1. The number of rotatable bonds is 6. The van der Waals surface area contributed by atoms with Crippen LogP contribution in [0.25, 0.3) is 0 Å². The molecule has 0 saturated heterocycles. The zero-order chi connectivity index (χ0) is 18.6. The van der Waals surface area contributed by atoms with E-state index < -0.39 is 21.7 Å². The first kappa shape index (κ1) is 17.8. The minimum atomic E-state index is -3.81. The van der Waals surface area contributed by atoms with Gasteiger partial charge in [-0.05, 0) is 54.6 Å². The molecule has 1 aromatic heterocycles. The molecule has 0 saturated carbocycles. The number of nitrogens with one attached hydrogen (secondary N) is 2. The number of hydrogen-bond acceptors (Lipinski definition) is 4. The van der Waals surface area contributed by atoms with Crippen LogP contribution in [0.5, 0.6) is 0 Å². The van der Waals surface area contributed by atoms with Gasteiger partial charge in [-0.3, -0.25) is 4.79 Å². The third-order valence-electron chi connectivity index (χ3n) is 3.53. The van der Waals surface area contributed by atoms with Crippen molar-refractivity contribution in [2.24, 2.45) is 0 Å². The molecule has 0 bridgehead atoms. The Bertz CT molecular complexity index is 1000. The first-order valence-electron chi connectivity index (χ1n) is 7.63. The Morgan fingerprint density at radius 2 is 1.81 bits per heavy atom. The maximum absolute atomic E-state index is 12.9. The summed E-state index contributed by atoms with van der Waals surface area (Å²) in [5.41, 5.74) is 0.566. The number of benzene rings is 2. The number of sulfonamides is 1. The van der Waals surface area contributed by atoms with Gasteiger partial charge in [-0.1, -0.05) is 6.07 Å². The zero-order valence-corrected chi connectivity index (χ0v) is 14.3. The summed E-state index contributed by atoms with van der Waals surface area (Å²) in [6, 6.07) is 14.2. The molecule has 0 aliphatic heterocycles. The van der Waals surface area contributed by atoms with Gasteiger partial charge in [0.15, 0.2) is 0 Å². The number of hydrogen-bond donors (Lipinski definition) is 2. The van der Waals surface area contributed by atoms with E-state index in [-0.39, 0.29) is 17.0 Å². The highest BCUT2D eigenvalue weighted by molar-refractivity contribution is 7.89. The van der Waals surface area contributed by atoms with Gasteiger partial charge in [-0.15, -0.1) is 0 Å². The molecule has 0 aliphatic rings. The molecule has 3 rings (SSSR count). The summed E-state index contributed by atoms with van der Waals surface area (Å²) in [6.07, 6.45) is 1.45. The van der Waals surface area contributed by atoms with Crippen molar-refractivity contribution in [3.63, 3.8) is 0 Å². The average molecular weight is 374 g/mol. The van der Waals surface area contributed by atoms with E-state index in [4.69, 9.17) is 4.42 Å². The maximum Gasteiger partial charge on any atom is 0.255 e. The number of amides is 1. The number of carbonyl (C=O) groups is 1. The highest BCUT2D eigenvalue weighted by Gasteiger charge is 2.17. The van der Waals surface area contributed by atoms with Crippen LogP contribution in [0.1, 0.15) is 16.1 Å². The van der Waals surface area contributed by atoms with Crippen LogP contribution in [0.15, 0.2) is 76.2 Å². The van der Waals surface area contributed by atoms with E-state index in [9.17, 15) is 17.6 Å². The summed E-state index contributed by atoms with van der Waals surface area (Å²) >= 11 is 0. The molecule has 3 aromatic rings. The average Bonchev–Trinajstić information content (AvgIpc) is 3.16. The van der Waals surface area contributed by atoms with E-state index in [0.717, 1.165) is 0 Å². The molecule has 1 amide bonds. The Hall–Kier alpha value is -2.97. The fraction of sp³-hybridized carbons (Fsp3) is 0.0556. The maximum atomic E-state index is 12.9. The minimum Gasteiger partial charge on any atom is -0.468 e. The Balaban J connectivity index is 1.74. The van der Waals surface area contributed by atoms with Gasteiger partial charge in [0.1, 0.15) is 11.6 Å². The molecule has 0 radical (unpaired) electrons. The summed E-state index contributed by atoms with van der Waals surface area (Å²) < 4.78 is 45.1. The van der Waals surface area contributed by atoms with Crippen LogP contribution in [0.3, 0.4) is 0 Å². The molecule has 1 heterocycles. The van der Waals surface area contributed by atoms with Crippen LogP contribution in [-0.4, -0.2) is 14.3 Å². The van der Waals surface area contributed by atoms with Gasteiger partial charge in [0.05, 0.1) is 17.7 Å². The predicted octanol–water partition coefficient (Wildman–Crippen LogP) is 3.15. The first-order valence-corrected chi connectivity index (χ1v) is 9.11. The Morgan fingerprint density at radius 3 is 2.50 bits per heavy atom. The lowest BCUT2D eigenvalue weighted by molar-refractivity contribution is 0.102. The van der Waals surface area contributed by atoms with E-state index in [2.05, 4.69) is 10.0 Å². The highest BCUT2D eigenvalue weighted by Crippen LogP contribution is 2.15. The van der Waals surface area contributed by atoms with Crippen molar-refractivity contribution < 1.29 is 22.0 Å². The van der Waals surface area contributed by atoms with Crippen molar-refractivity contribution in [2.75, 3.05) is 5.32 Å². The number of anilines is 1. The summed E-state index contributed by atoms with van der Waals surface area (Å²) in [6.45, 7) is 0.00133. The second-order valence-electron chi connectivity index (χ2n) is 5.39. The minimum absolute atomic E-state index is 0.00133. The molecule has 0 aliphatic carbocycles. The van der Waals surface area contributed by atoms with Crippen LogP contribution in [0, 0.1) is 5.82 Å². The quantitative estimate of drug-likeness (QED) is 0.694. The second-order valence-corrected chi connectivity index (χ2v) is 7.16. The van der Waals surface area contributed by atoms with Crippen LogP contribution in [-0.2, 0) is 16.6 Å². The second kappa shape index (κ2) is 7.51. The van der Waals surface area contributed by atoms with Crippen molar-refractivity contribution in [3.8, 4) is 0 Å². The topological polar surface area (TPSA) is 88.4 Å². The number of halogens is 1. The molecular formula is C18H15FN2O4S. The summed E-state index contributed by atoms with van der Waals surface area (Å²) in [7, 11) is -3.81. The largest absolute Gasteiger partial charge is 0.468 e. The fourth-order valence-corrected chi connectivity index (χ4v) is 3.24. The normalized spacial score (nSPS) is 11.3. The lowest BCUT2D eigenvalue weighted by Gasteiger charge is -2.08. The molecule has 0 unspecified atom stereocenters. The molecule has 0 atom stereocenters. The van der Waals surface area contributed by atoms with Crippen LogP contribution >= 0.6 is 0 Å². The lowest BCUT2D eigenvalue weighted by atomic mass is 10.2.